The third kappa shape index (κ3) is 5.28. The Morgan fingerprint density at radius 2 is 2.06 bits per heavy atom. The minimum Gasteiger partial charge on any atom is -0.493 e. The molecule has 1 aromatic carbocycles. The minimum atomic E-state index is -0.874. The summed E-state index contributed by atoms with van der Waals surface area (Å²) >= 11 is 0. The normalized spacial score (nSPS) is 14.4. The van der Waals surface area contributed by atoms with Crippen LogP contribution in [0.15, 0.2) is 30.3 Å². The van der Waals surface area contributed by atoms with Gasteiger partial charge >= 0.3 is 0 Å². The van der Waals surface area contributed by atoms with Crippen molar-refractivity contribution in [1.82, 2.24) is 0 Å². The number of hydrogen-bond acceptors (Lipinski definition) is 3. The summed E-state index contributed by atoms with van der Waals surface area (Å²) in [7, 11) is -0.874. The zero-order chi connectivity index (χ0) is 11.8. The van der Waals surface area contributed by atoms with Crippen LogP contribution in [-0.4, -0.2) is 28.4 Å². The molecule has 0 fully saturated rings. The van der Waals surface area contributed by atoms with Crippen LogP contribution in [0.3, 0.4) is 0 Å². The summed E-state index contributed by atoms with van der Waals surface area (Å²) in [4.78, 5) is 0. The summed E-state index contributed by atoms with van der Waals surface area (Å²) in [6.45, 7) is 2.48. The van der Waals surface area contributed by atoms with Gasteiger partial charge in [-0.15, -0.1) is 0 Å². The summed E-state index contributed by atoms with van der Waals surface area (Å²) in [5.41, 5.74) is 5.72. The second kappa shape index (κ2) is 7.41. The Morgan fingerprint density at radius 1 is 1.38 bits per heavy atom. The molecule has 0 aliphatic rings. The average molecular weight is 241 g/mol. The highest BCUT2D eigenvalue weighted by molar-refractivity contribution is 7.85. The fourth-order valence-corrected chi connectivity index (χ4v) is 2.36. The topological polar surface area (TPSA) is 52.3 Å². The summed E-state index contributed by atoms with van der Waals surface area (Å²) < 4.78 is 17.0. The van der Waals surface area contributed by atoms with E-state index in [0.29, 0.717) is 18.1 Å². The van der Waals surface area contributed by atoms with Crippen molar-refractivity contribution < 1.29 is 8.95 Å². The van der Waals surface area contributed by atoms with Crippen molar-refractivity contribution in [1.29, 1.82) is 0 Å². The van der Waals surface area contributed by atoms with Gasteiger partial charge in [-0.25, -0.2) is 0 Å². The van der Waals surface area contributed by atoms with Crippen LogP contribution in [-0.2, 0) is 10.8 Å². The number of hydrogen-bond donors (Lipinski definition) is 1. The first-order valence-corrected chi connectivity index (χ1v) is 6.99. The molecule has 2 atom stereocenters. The second-order valence-electron chi connectivity index (χ2n) is 3.64. The molecule has 0 aliphatic carbocycles. The fourth-order valence-electron chi connectivity index (χ4n) is 1.21. The zero-order valence-corrected chi connectivity index (χ0v) is 10.4. The molecular formula is C12H19NO2S. The highest BCUT2D eigenvalue weighted by Crippen LogP contribution is 2.07. The maximum Gasteiger partial charge on any atom is 0.119 e. The van der Waals surface area contributed by atoms with Crippen LogP contribution in [0.5, 0.6) is 5.75 Å². The Labute approximate surface area is 99.4 Å². The molecule has 0 heterocycles. The van der Waals surface area contributed by atoms with Crippen molar-refractivity contribution in [3.05, 3.63) is 30.3 Å². The molecular weight excluding hydrogens is 222 g/mol. The molecule has 0 amide bonds. The standard InChI is InChI=1S/C12H19NO2S/c1-2-11(13)10-16(14)9-8-15-12-6-4-3-5-7-12/h3-7,11H,2,8-10,13H2,1H3. The predicted molar refractivity (Wildman–Crippen MR) is 68.1 cm³/mol. The van der Waals surface area contributed by atoms with Crippen molar-refractivity contribution in [3.63, 3.8) is 0 Å². The smallest absolute Gasteiger partial charge is 0.119 e. The Kier molecular flexibility index (Phi) is 6.11. The van der Waals surface area contributed by atoms with Crippen molar-refractivity contribution >= 4 is 10.8 Å². The van der Waals surface area contributed by atoms with Gasteiger partial charge in [0.2, 0.25) is 0 Å². The molecule has 90 valence electrons. The molecule has 16 heavy (non-hydrogen) atoms. The highest BCUT2D eigenvalue weighted by Gasteiger charge is 2.06. The molecule has 1 aromatic rings. The monoisotopic (exact) mass is 241 g/mol. The molecule has 0 aromatic heterocycles. The predicted octanol–water partition coefficient (Wildman–Crippen LogP) is 1.55. The lowest BCUT2D eigenvalue weighted by Gasteiger charge is -2.09. The molecule has 2 N–H and O–H groups in total. The molecule has 0 radical (unpaired) electrons. The molecule has 2 unspecified atom stereocenters. The van der Waals surface area contributed by atoms with E-state index in [1.807, 2.05) is 37.3 Å². The van der Waals surface area contributed by atoms with E-state index in [0.717, 1.165) is 12.2 Å². The van der Waals surface area contributed by atoms with Crippen molar-refractivity contribution in [2.75, 3.05) is 18.1 Å². The maximum atomic E-state index is 11.6. The van der Waals surface area contributed by atoms with Crippen LogP contribution in [0.2, 0.25) is 0 Å². The van der Waals surface area contributed by atoms with E-state index in [-0.39, 0.29) is 6.04 Å². The van der Waals surface area contributed by atoms with E-state index >= 15 is 0 Å². The summed E-state index contributed by atoms with van der Waals surface area (Å²) in [5, 5.41) is 0. The van der Waals surface area contributed by atoms with E-state index in [9.17, 15) is 4.21 Å². The lowest BCUT2D eigenvalue weighted by atomic mass is 10.3. The van der Waals surface area contributed by atoms with Crippen LogP contribution in [0.4, 0.5) is 0 Å². The molecule has 0 aliphatic heterocycles. The number of para-hydroxylation sites is 1. The Morgan fingerprint density at radius 3 is 2.69 bits per heavy atom. The molecule has 3 nitrogen and oxygen atoms in total. The van der Waals surface area contributed by atoms with Crippen molar-refractivity contribution in [3.8, 4) is 5.75 Å². The zero-order valence-electron chi connectivity index (χ0n) is 9.59. The number of nitrogens with two attached hydrogens (primary N) is 1. The van der Waals surface area contributed by atoms with Gasteiger partial charge in [-0.1, -0.05) is 25.1 Å². The summed E-state index contributed by atoms with van der Waals surface area (Å²) in [5.74, 6) is 1.93. The molecule has 0 saturated heterocycles. The molecule has 0 bridgehead atoms. The minimum absolute atomic E-state index is 0.0394. The number of ether oxygens (including phenoxy) is 1. The van der Waals surface area contributed by atoms with Gasteiger partial charge in [0.05, 0.1) is 12.4 Å². The van der Waals surface area contributed by atoms with Crippen LogP contribution >= 0.6 is 0 Å². The third-order valence-corrected chi connectivity index (χ3v) is 3.67. The van der Waals surface area contributed by atoms with Crippen LogP contribution in [0, 0.1) is 0 Å². The summed E-state index contributed by atoms with van der Waals surface area (Å²) in [6, 6.07) is 9.59. The first kappa shape index (κ1) is 13.2. The lowest BCUT2D eigenvalue weighted by molar-refractivity contribution is 0.342. The van der Waals surface area contributed by atoms with Gasteiger partial charge in [0, 0.05) is 22.6 Å². The van der Waals surface area contributed by atoms with E-state index in [2.05, 4.69) is 0 Å². The van der Waals surface area contributed by atoms with Gasteiger partial charge in [-0.05, 0) is 18.6 Å². The summed E-state index contributed by atoms with van der Waals surface area (Å²) in [6.07, 6.45) is 0.866. The van der Waals surface area contributed by atoms with Crippen molar-refractivity contribution in [2.45, 2.75) is 19.4 Å². The first-order valence-electron chi connectivity index (χ1n) is 5.50. The lowest BCUT2D eigenvalue weighted by Crippen LogP contribution is -2.28. The average Bonchev–Trinajstić information content (AvgIpc) is 2.30. The van der Waals surface area contributed by atoms with Crippen LogP contribution in [0.25, 0.3) is 0 Å². The Bertz CT molecular complexity index is 316. The van der Waals surface area contributed by atoms with Gasteiger partial charge in [0.1, 0.15) is 5.75 Å². The van der Waals surface area contributed by atoms with Gasteiger partial charge < -0.3 is 10.5 Å². The molecule has 0 spiro atoms. The van der Waals surface area contributed by atoms with Gasteiger partial charge in [-0.3, -0.25) is 4.21 Å². The largest absolute Gasteiger partial charge is 0.493 e. The Balaban J connectivity index is 2.18. The molecule has 1 rings (SSSR count). The van der Waals surface area contributed by atoms with Crippen molar-refractivity contribution in [2.24, 2.45) is 5.73 Å². The van der Waals surface area contributed by atoms with E-state index in [4.69, 9.17) is 10.5 Å². The number of rotatable bonds is 7. The Hall–Kier alpha value is -0.870. The second-order valence-corrected chi connectivity index (χ2v) is 5.26. The van der Waals surface area contributed by atoms with Crippen LogP contribution in [0.1, 0.15) is 13.3 Å². The number of benzene rings is 1. The van der Waals surface area contributed by atoms with E-state index in [1.165, 1.54) is 0 Å². The molecule has 0 saturated carbocycles. The SMILES string of the molecule is CCC(N)CS(=O)CCOc1ccccc1. The van der Waals surface area contributed by atoms with Gasteiger partial charge in [0.25, 0.3) is 0 Å². The maximum absolute atomic E-state index is 11.6. The van der Waals surface area contributed by atoms with Crippen LogP contribution < -0.4 is 10.5 Å². The third-order valence-electron chi connectivity index (χ3n) is 2.25. The van der Waals surface area contributed by atoms with E-state index in [1.54, 1.807) is 0 Å². The first-order chi connectivity index (χ1) is 7.72. The van der Waals surface area contributed by atoms with Gasteiger partial charge in [0.15, 0.2) is 0 Å². The highest BCUT2D eigenvalue weighted by atomic mass is 32.2. The fraction of sp³-hybridized carbons (Fsp3) is 0.500. The van der Waals surface area contributed by atoms with Gasteiger partial charge in [-0.2, -0.15) is 0 Å². The van der Waals surface area contributed by atoms with E-state index < -0.39 is 10.8 Å². The molecule has 4 heteroatoms. The quantitative estimate of drug-likeness (QED) is 0.788.